The largest absolute Gasteiger partial charge is 0.462 e. The minimum Gasteiger partial charge on any atom is -0.462 e. The molecule has 1 heterocycles. The Hall–Kier alpha value is -2.83. The highest BCUT2D eigenvalue weighted by Gasteiger charge is 2.79. The minimum absolute atomic E-state index is 0.0269. The van der Waals surface area contributed by atoms with Crippen LogP contribution >= 0.6 is 0 Å². The number of ether oxygens (including phenoxy) is 4. The van der Waals surface area contributed by atoms with E-state index >= 15 is 0 Å². The number of rotatable bonds is 5. The standard InChI is InChI=1S/C31H40O11/c1-15-19(34)13-30(28(4,5)38)22(15)23(35)25(36)29(6)20(40-16(2)32)12-21-31(14-39-21,42-17(3)33)24(29)26(30)41-27(37)18-10-8-7-9-11-18/h7-11,19-21,23-26,34-36,38H,12-14H2,1-6H3/t19-,20-,21+,23+,24-,25-,26-,29+,30-,31-/m0/s1. The summed E-state index contributed by atoms with van der Waals surface area (Å²) in [5, 5.41) is 47.3. The second-order valence-electron chi connectivity index (χ2n) is 13.0. The Balaban J connectivity index is 1.85. The van der Waals surface area contributed by atoms with Crippen LogP contribution in [0, 0.1) is 16.7 Å². The lowest BCUT2D eigenvalue weighted by molar-refractivity contribution is -0.351. The third-order valence-electron chi connectivity index (χ3n) is 10.3. The summed E-state index contributed by atoms with van der Waals surface area (Å²) in [6, 6.07) is 8.18. The van der Waals surface area contributed by atoms with Crippen molar-refractivity contribution in [3.05, 3.63) is 47.0 Å². The summed E-state index contributed by atoms with van der Waals surface area (Å²) in [4.78, 5) is 38.9. The number of fused-ring (bicyclic) bond motifs is 4. The maximum absolute atomic E-state index is 13.8. The highest BCUT2D eigenvalue weighted by Crippen LogP contribution is 2.68. The van der Waals surface area contributed by atoms with Gasteiger partial charge in [-0.1, -0.05) is 25.1 Å². The lowest BCUT2D eigenvalue weighted by atomic mass is 9.49. The molecule has 0 unspecified atom stereocenters. The Labute approximate surface area is 244 Å². The first-order chi connectivity index (χ1) is 19.5. The van der Waals surface area contributed by atoms with Crippen LogP contribution in [0.2, 0.25) is 0 Å². The zero-order chi connectivity index (χ0) is 31.0. The zero-order valence-corrected chi connectivity index (χ0v) is 24.7. The van der Waals surface area contributed by atoms with Gasteiger partial charge in [-0.05, 0) is 50.5 Å². The molecule has 11 nitrogen and oxygen atoms in total. The quantitative estimate of drug-likeness (QED) is 0.223. The number of aliphatic hydroxyl groups is 4. The molecular weight excluding hydrogens is 548 g/mol. The summed E-state index contributed by atoms with van der Waals surface area (Å²) in [6.45, 7) is 8.50. The van der Waals surface area contributed by atoms with Gasteiger partial charge in [-0.25, -0.2) is 4.79 Å². The molecule has 1 saturated heterocycles. The van der Waals surface area contributed by atoms with Gasteiger partial charge < -0.3 is 39.4 Å². The van der Waals surface area contributed by atoms with E-state index in [0.29, 0.717) is 5.57 Å². The van der Waals surface area contributed by atoms with E-state index in [2.05, 4.69) is 0 Å². The second-order valence-corrected chi connectivity index (χ2v) is 13.0. The van der Waals surface area contributed by atoms with Gasteiger partial charge in [-0.15, -0.1) is 0 Å². The topological polar surface area (TPSA) is 169 Å². The van der Waals surface area contributed by atoms with Crippen LogP contribution in [0.4, 0.5) is 0 Å². The summed E-state index contributed by atoms with van der Waals surface area (Å²) < 4.78 is 24.1. The lowest BCUT2D eigenvalue weighted by Gasteiger charge is -2.65. The number of hydrogen-bond acceptors (Lipinski definition) is 11. The van der Waals surface area contributed by atoms with Crippen LogP contribution in [-0.2, 0) is 28.5 Å². The molecular formula is C31H40O11. The first-order valence-corrected chi connectivity index (χ1v) is 14.2. The van der Waals surface area contributed by atoms with Crippen molar-refractivity contribution in [3.8, 4) is 0 Å². The second kappa shape index (κ2) is 10.1. The molecule has 3 aliphatic carbocycles. The molecule has 3 fully saturated rings. The van der Waals surface area contributed by atoms with Crippen molar-refractivity contribution in [2.45, 2.75) is 102 Å². The number of carbonyl (C=O) groups is 3. The molecule has 230 valence electrons. The number of benzene rings is 1. The van der Waals surface area contributed by atoms with Crippen LogP contribution in [0.15, 0.2) is 41.5 Å². The molecule has 0 bridgehead atoms. The Morgan fingerprint density at radius 3 is 2.19 bits per heavy atom. The van der Waals surface area contributed by atoms with E-state index in [0.717, 1.165) is 0 Å². The molecule has 42 heavy (non-hydrogen) atoms. The van der Waals surface area contributed by atoms with Crippen molar-refractivity contribution in [2.75, 3.05) is 6.61 Å². The van der Waals surface area contributed by atoms with E-state index in [1.807, 2.05) is 0 Å². The maximum atomic E-state index is 13.8. The summed E-state index contributed by atoms with van der Waals surface area (Å²) in [7, 11) is 0. The van der Waals surface area contributed by atoms with Crippen molar-refractivity contribution < 1.29 is 53.8 Å². The molecule has 1 aromatic rings. The number of esters is 3. The smallest absolute Gasteiger partial charge is 0.338 e. The normalized spacial score (nSPS) is 41.0. The Kier molecular flexibility index (Phi) is 7.38. The summed E-state index contributed by atoms with van der Waals surface area (Å²) >= 11 is 0. The molecule has 11 heteroatoms. The van der Waals surface area contributed by atoms with Crippen molar-refractivity contribution in [2.24, 2.45) is 16.7 Å². The average molecular weight is 589 g/mol. The van der Waals surface area contributed by atoms with Gasteiger partial charge in [0.25, 0.3) is 0 Å². The van der Waals surface area contributed by atoms with Crippen molar-refractivity contribution in [3.63, 3.8) is 0 Å². The first kappa shape index (κ1) is 30.6. The molecule has 1 aliphatic heterocycles. The number of aliphatic hydroxyl groups excluding tert-OH is 3. The van der Waals surface area contributed by atoms with Gasteiger partial charge in [0.15, 0.2) is 5.60 Å². The van der Waals surface area contributed by atoms with E-state index < -0.39 is 82.5 Å². The molecule has 0 aromatic heterocycles. The van der Waals surface area contributed by atoms with Crippen LogP contribution in [0.3, 0.4) is 0 Å². The minimum atomic E-state index is -1.76. The van der Waals surface area contributed by atoms with Crippen LogP contribution < -0.4 is 0 Å². The van der Waals surface area contributed by atoms with Gasteiger partial charge in [0, 0.05) is 25.7 Å². The first-order valence-electron chi connectivity index (χ1n) is 14.2. The van der Waals surface area contributed by atoms with E-state index in [4.69, 9.17) is 18.9 Å². The van der Waals surface area contributed by atoms with Gasteiger partial charge >= 0.3 is 17.9 Å². The Morgan fingerprint density at radius 2 is 1.67 bits per heavy atom. The maximum Gasteiger partial charge on any atom is 0.338 e. The fourth-order valence-corrected chi connectivity index (χ4v) is 8.36. The summed E-state index contributed by atoms with van der Waals surface area (Å²) in [5.41, 5.74) is -5.87. The van der Waals surface area contributed by atoms with E-state index in [1.54, 1.807) is 44.2 Å². The number of hydrogen-bond donors (Lipinski definition) is 4. The molecule has 2 saturated carbocycles. The predicted molar refractivity (Wildman–Crippen MR) is 146 cm³/mol. The monoisotopic (exact) mass is 588 g/mol. The molecule has 4 aliphatic rings. The molecule has 1 aromatic carbocycles. The molecule has 5 rings (SSSR count). The highest BCUT2D eigenvalue weighted by atomic mass is 16.6. The lowest BCUT2D eigenvalue weighted by Crippen LogP contribution is -2.79. The average Bonchev–Trinajstić information content (AvgIpc) is 3.15. The van der Waals surface area contributed by atoms with Crippen molar-refractivity contribution in [1.82, 2.24) is 0 Å². The van der Waals surface area contributed by atoms with E-state index in [1.165, 1.54) is 27.7 Å². The summed E-state index contributed by atoms with van der Waals surface area (Å²) in [5.74, 6) is -3.24. The van der Waals surface area contributed by atoms with Crippen LogP contribution in [0.5, 0.6) is 0 Å². The van der Waals surface area contributed by atoms with Gasteiger partial charge in [0.2, 0.25) is 0 Å². The highest BCUT2D eigenvalue weighted by molar-refractivity contribution is 5.89. The fourth-order valence-electron chi connectivity index (χ4n) is 8.36. The third kappa shape index (κ3) is 4.16. The SMILES string of the molecule is CC(=O)O[C@H]1C[C@H]2OC[C@@]2(OC(C)=O)[C@H]2[C@H](OC(=O)c3ccccc3)[C@]3(C(C)(C)O)C[C@H](O)C(C)=C3[C@@H](O)[C@H](O)[C@]12C. The van der Waals surface area contributed by atoms with E-state index in [-0.39, 0.29) is 30.6 Å². The number of carbonyl (C=O) groups excluding carboxylic acids is 3. The van der Waals surface area contributed by atoms with Gasteiger partial charge in [-0.3, -0.25) is 9.59 Å². The van der Waals surface area contributed by atoms with Crippen LogP contribution in [-0.4, -0.2) is 92.8 Å². The fraction of sp³-hybridized carbons (Fsp3) is 0.645. The molecule has 4 N–H and O–H groups in total. The molecule has 10 atom stereocenters. The summed E-state index contributed by atoms with van der Waals surface area (Å²) in [6.07, 6.45) is -7.93. The van der Waals surface area contributed by atoms with Crippen LogP contribution in [0.25, 0.3) is 0 Å². The van der Waals surface area contributed by atoms with Gasteiger partial charge in [0.1, 0.15) is 24.4 Å². The van der Waals surface area contributed by atoms with Crippen LogP contribution in [0.1, 0.15) is 64.7 Å². The van der Waals surface area contributed by atoms with Gasteiger partial charge in [-0.2, -0.15) is 0 Å². The molecule has 0 spiro atoms. The Morgan fingerprint density at radius 1 is 1.02 bits per heavy atom. The third-order valence-corrected chi connectivity index (χ3v) is 10.3. The van der Waals surface area contributed by atoms with Crippen molar-refractivity contribution in [1.29, 1.82) is 0 Å². The van der Waals surface area contributed by atoms with E-state index in [9.17, 15) is 34.8 Å². The predicted octanol–water partition coefficient (Wildman–Crippen LogP) is 1.44. The molecule has 0 radical (unpaired) electrons. The Bertz CT molecular complexity index is 1300. The zero-order valence-electron chi connectivity index (χ0n) is 24.7. The van der Waals surface area contributed by atoms with Crippen molar-refractivity contribution >= 4 is 17.9 Å². The molecule has 0 amide bonds. The van der Waals surface area contributed by atoms with Gasteiger partial charge in [0.05, 0.1) is 41.3 Å².